The van der Waals surface area contributed by atoms with Gasteiger partial charge in [-0.05, 0) is 42.3 Å². The van der Waals surface area contributed by atoms with Gasteiger partial charge in [-0.2, -0.15) is 0 Å². The Morgan fingerprint density at radius 1 is 1.21 bits per heavy atom. The Balaban J connectivity index is 2.15. The second-order valence-electron chi connectivity index (χ2n) is 7.30. The zero-order valence-corrected chi connectivity index (χ0v) is 14.2. The van der Waals surface area contributed by atoms with Crippen LogP contribution in [-0.2, 0) is 5.41 Å². The second-order valence-corrected chi connectivity index (χ2v) is 8.16. The molecule has 1 aromatic rings. The molecule has 1 aliphatic rings. The van der Waals surface area contributed by atoms with Crippen LogP contribution in [0.2, 0.25) is 0 Å². The normalized spacial score (nSPS) is 20.3. The van der Waals surface area contributed by atoms with Gasteiger partial charge in [-0.1, -0.05) is 61.8 Å². The summed E-state index contributed by atoms with van der Waals surface area (Å²) in [7, 11) is 0. The molecule has 0 unspecified atom stereocenters. The fourth-order valence-corrected chi connectivity index (χ4v) is 4.39. The summed E-state index contributed by atoms with van der Waals surface area (Å²) in [6.07, 6.45) is 2.54. The van der Waals surface area contributed by atoms with Gasteiger partial charge in [0, 0.05) is 16.4 Å². The van der Waals surface area contributed by atoms with E-state index in [1.807, 2.05) is 0 Å². The Labute approximate surface area is 126 Å². The number of rotatable bonds is 5. The van der Waals surface area contributed by atoms with Gasteiger partial charge in [0.25, 0.3) is 0 Å². The highest BCUT2D eigenvalue weighted by Gasteiger charge is 2.50. The molecule has 1 N–H and O–H groups in total. The van der Waals surface area contributed by atoms with Crippen LogP contribution in [0.4, 0.5) is 0 Å². The van der Waals surface area contributed by atoms with Crippen molar-refractivity contribution in [1.29, 1.82) is 0 Å². The van der Waals surface area contributed by atoms with Crippen LogP contribution in [0.1, 0.15) is 46.1 Å². The van der Waals surface area contributed by atoms with Crippen LogP contribution in [0.3, 0.4) is 0 Å². The van der Waals surface area contributed by atoms with Crippen molar-refractivity contribution >= 4 is 15.9 Å². The van der Waals surface area contributed by atoms with Gasteiger partial charge in [0.15, 0.2) is 0 Å². The quantitative estimate of drug-likeness (QED) is 0.824. The topological polar surface area (TPSA) is 12.0 Å². The molecule has 2 heteroatoms. The van der Waals surface area contributed by atoms with Crippen molar-refractivity contribution < 1.29 is 0 Å². The van der Waals surface area contributed by atoms with E-state index in [0.717, 1.165) is 13.1 Å². The molecule has 0 atom stereocenters. The second kappa shape index (κ2) is 5.57. The van der Waals surface area contributed by atoms with E-state index in [-0.39, 0.29) is 0 Å². The third kappa shape index (κ3) is 3.41. The van der Waals surface area contributed by atoms with Crippen LogP contribution in [0.5, 0.6) is 0 Å². The average molecular weight is 324 g/mol. The van der Waals surface area contributed by atoms with Crippen molar-refractivity contribution in [2.75, 3.05) is 13.1 Å². The van der Waals surface area contributed by atoms with Crippen LogP contribution in [0.15, 0.2) is 28.7 Å². The van der Waals surface area contributed by atoms with Gasteiger partial charge in [-0.15, -0.1) is 0 Å². The van der Waals surface area contributed by atoms with Crippen LogP contribution in [-0.4, -0.2) is 13.1 Å². The third-order valence-corrected chi connectivity index (χ3v) is 4.79. The van der Waals surface area contributed by atoms with Crippen molar-refractivity contribution in [3.05, 3.63) is 34.3 Å². The van der Waals surface area contributed by atoms with Gasteiger partial charge >= 0.3 is 0 Å². The van der Waals surface area contributed by atoms with Gasteiger partial charge in [0.1, 0.15) is 0 Å². The summed E-state index contributed by atoms with van der Waals surface area (Å²) in [6.45, 7) is 11.5. The molecule has 1 nitrogen and oxygen atoms in total. The fraction of sp³-hybridized carbons (Fsp3) is 0.647. The standard InChI is InChI=1S/C17H26BrN/c1-13(2)9-19-12-17(10-16(3,4)11-17)14-7-5-6-8-15(14)18/h5-8,13,19H,9-12H2,1-4H3. The van der Waals surface area contributed by atoms with E-state index in [9.17, 15) is 0 Å². The summed E-state index contributed by atoms with van der Waals surface area (Å²) >= 11 is 3.74. The first-order valence-electron chi connectivity index (χ1n) is 7.30. The average Bonchev–Trinajstić information content (AvgIpc) is 2.26. The minimum Gasteiger partial charge on any atom is -0.316 e. The molecule has 106 valence electrons. The lowest BCUT2D eigenvalue weighted by Gasteiger charge is -2.54. The third-order valence-electron chi connectivity index (χ3n) is 4.10. The molecule has 0 saturated heterocycles. The van der Waals surface area contributed by atoms with Crippen molar-refractivity contribution in [3.63, 3.8) is 0 Å². The Morgan fingerprint density at radius 2 is 1.84 bits per heavy atom. The van der Waals surface area contributed by atoms with Crippen molar-refractivity contribution in [2.45, 2.75) is 46.0 Å². The minimum absolute atomic E-state index is 0.318. The smallest absolute Gasteiger partial charge is 0.0213 e. The minimum atomic E-state index is 0.318. The van der Waals surface area contributed by atoms with Gasteiger partial charge in [-0.3, -0.25) is 0 Å². The Kier molecular flexibility index (Phi) is 4.42. The lowest BCUT2D eigenvalue weighted by Crippen LogP contribution is -2.53. The predicted octanol–water partition coefficient (Wildman–Crippen LogP) is 4.75. The van der Waals surface area contributed by atoms with Crippen molar-refractivity contribution in [1.82, 2.24) is 5.32 Å². The fourth-order valence-electron chi connectivity index (χ4n) is 3.68. The highest BCUT2D eigenvalue weighted by molar-refractivity contribution is 9.10. The molecule has 0 radical (unpaired) electrons. The monoisotopic (exact) mass is 323 g/mol. The van der Waals surface area contributed by atoms with E-state index >= 15 is 0 Å². The first kappa shape index (κ1) is 15.1. The molecule has 2 rings (SSSR count). The van der Waals surface area contributed by atoms with E-state index in [2.05, 4.69) is 73.2 Å². The number of halogens is 1. The number of nitrogens with one attached hydrogen (secondary N) is 1. The molecule has 0 spiro atoms. The van der Waals surface area contributed by atoms with E-state index in [4.69, 9.17) is 0 Å². The molecule has 1 aromatic carbocycles. The molecule has 0 amide bonds. The maximum atomic E-state index is 3.74. The molecule has 0 aromatic heterocycles. The summed E-state index contributed by atoms with van der Waals surface area (Å²) < 4.78 is 1.26. The van der Waals surface area contributed by atoms with E-state index < -0.39 is 0 Å². The zero-order chi connectivity index (χ0) is 14.1. The number of benzene rings is 1. The van der Waals surface area contributed by atoms with Crippen LogP contribution in [0.25, 0.3) is 0 Å². The van der Waals surface area contributed by atoms with Crippen LogP contribution >= 0.6 is 15.9 Å². The van der Waals surface area contributed by atoms with Crippen LogP contribution < -0.4 is 5.32 Å². The number of hydrogen-bond acceptors (Lipinski definition) is 1. The Bertz CT molecular complexity index is 429. The Morgan fingerprint density at radius 3 is 2.37 bits per heavy atom. The largest absolute Gasteiger partial charge is 0.316 e. The van der Waals surface area contributed by atoms with Gasteiger partial charge in [0.05, 0.1) is 0 Å². The molecule has 0 aliphatic heterocycles. The van der Waals surface area contributed by atoms with Gasteiger partial charge in [0.2, 0.25) is 0 Å². The van der Waals surface area contributed by atoms with Crippen molar-refractivity contribution in [3.8, 4) is 0 Å². The van der Waals surface area contributed by atoms with Crippen LogP contribution in [0, 0.1) is 11.3 Å². The highest BCUT2D eigenvalue weighted by atomic mass is 79.9. The molecule has 0 heterocycles. The summed E-state index contributed by atoms with van der Waals surface area (Å²) in [5.41, 5.74) is 2.28. The zero-order valence-electron chi connectivity index (χ0n) is 12.6. The van der Waals surface area contributed by atoms with Gasteiger partial charge in [-0.25, -0.2) is 0 Å². The summed E-state index contributed by atoms with van der Waals surface area (Å²) in [6, 6.07) is 8.73. The number of hydrogen-bond donors (Lipinski definition) is 1. The lowest BCUT2D eigenvalue weighted by molar-refractivity contribution is 0.0553. The molecule has 19 heavy (non-hydrogen) atoms. The predicted molar refractivity (Wildman–Crippen MR) is 86.5 cm³/mol. The van der Waals surface area contributed by atoms with E-state index in [0.29, 0.717) is 16.7 Å². The lowest BCUT2D eigenvalue weighted by atomic mass is 9.52. The molecule has 1 fully saturated rings. The molecule has 1 saturated carbocycles. The maximum absolute atomic E-state index is 3.74. The SMILES string of the molecule is CC(C)CNCC1(c2ccccc2Br)CC(C)(C)C1. The summed E-state index contributed by atoms with van der Waals surface area (Å²) in [4.78, 5) is 0. The molecular formula is C17H26BrN. The summed E-state index contributed by atoms with van der Waals surface area (Å²) in [5, 5.41) is 3.67. The Hall–Kier alpha value is -0.340. The van der Waals surface area contributed by atoms with Gasteiger partial charge < -0.3 is 5.32 Å². The molecule has 0 bridgehead atoms. The van der Waals surface area contributed by atoms with Crippen molar-refractivity contribution in [2.24, 2.45) is 11.3 Å². The maximum Gasteiger partial charge on any atom is 0.0213 e. The van der Waals surface area contributed by atoms with E-state index in [1.54, 1.807) is 0 Å². The summed E-state index contributed by atoms with van der Waals surface area (Å²) in [5.74, 6) is 0.712. The first-order chi connectivity index (χ1) is 8.85. The first-order valence-corrected chi connectivity index (χ1v) is 8.10. The molecule has 1 aliphatic carbocycles. The molecular weight excluding hydrogens is 298 g/mol. The highest BCUT2D eigenvalue weighted by Crippen LogP contribution is 2.56. The van der Waals surface area contributed by atoms with E-state index in [1.165, 1.54) is 22.9 Å².